The van der Waals surface area contributed by atoms with E-state index in [0.717, 1.165) is 21.7 Å². The average Bonchev–Trinajstić information content (AvgIpc) is 2.61. The fourth-order valence-corrected chi connectivity index (χ4v) is 4.11. The van der Waals surface area contributed by atoms with Gasteiger partial charge in [-0.25, -0.2) is 8.42 Å². The predicted molar refractivity (Wildman–Crippen MR) is 114 cm³/mol. The number of hydrogen-bond donors (Lipinski definition) is 1. The quantitative estimate of drug-likeness (QED) is 0.708. The van der Waals surface area contributed by atoms with Crippen molar-refractivity contribution in [3.8, 4) is 0 Å². The normalized spacial score (nSPS) is 12.6. The average molecular weight is 424 g/mol. The van der Waals surface area contributed by atoms with E-state index in [4.69, 9.17) is 11.6 Å². The number of nitrogens with zero attached hydrogens (tertiary/aromatic N) is 2. The molecule has 0 bridgehead atoms. The fraction of sp³-hybridized carbons (Fsp3) is 0.350. The standard InChI is InChI=1S/C20H26ClN3O3S/c1-15-9-5-8-12-18(15)24(28(4,26)27)14-20(25)22-13-19(23(2)3)16-10-6-7-11-17(16)21/h5-12,19H,13-14H2,1-4H3,(H,22,25). The number of amides is 1. The third kappa shape index (κ3) is 5.70. The Balaban J connectivity index is 2.14. The van der Waals surface area contributed by atoms with Crippen LogP contribution in [0, 0.1) is 6.92 Å². The van der Waals surface area contributed by atoms with E-state index in [1.165, 1.54) is 0 Å². The number of para-hydroxylation sites is 1. The predicted octanol–water partition coefficient (Wildman–Crippen LogP) is 2.83. The van der Waals surface area contributed by atoms with Crippen LogP contribution in [0.4, 0.5) is 5.69 Å². The Morgan fingerprint density at radius 3 is 2.29 bits per heavy atom. The highest BCUT2D eigenvalue weighted by molar-refractivity contribution is 7.92. The van der Waals surface area contributed by atoms with E-state index in [1.54, 1.807) is 18.2 Å². The number of carbonyl (C=O) groups is 1. The smallest absolute Gasteiger partial charge is 0.240 e. The molecule has 1 amide bonds. The van der Waals surface area contributed by atoms with E-state index in [2.05, 4.69) is 5.32 Å². The van der Waals surface area contributed by atoms with Crippen LogP contribution in [0.3, 0.4) is 0 Å². The lowest BCUT2D eigenvalue weighted by atomic mass is 10.1. The first-order valence-corrected chi connectivity index (χ1v) is 11.0. The molecular weight excluding hydrogens is 398 g/mol. The van der Waals surface area contributed by atoms with Crippen LogP contribution in [-0.2, 0) is 14.8 Å². The van der Waals surface area contributed by atoms with Crippen LogP contribution in [0.1, 0.15) is 17.2 Å². The van der Waals surface area contributed by atoms with Crippen molar-refractivity contribution in [2.24, 2.45) is 0 Å². The lowest BCUT2D eigenvalue weighted by Crippen LogP contribution is -2.43. The minimum atomic E-state index is -3.61. The van der Waals surface area contributed by atoms with Crippen LogP contribution in [0.2, 0.25) is 5.02 Å². The Hall–Kier alpha value is -2.09. The number of carbonyl (C=O) groups excluding carboxylic acids is 1. The lowest BCUT2D eigenvalue weighted by molar-refractivity contribution is -0.119. The van der Waals surface area contributed by atoms with Gasteiger partial charge in [0.15, 0.2) is 0 Å². The highest BCUT2D eigenvalue weighted by Crippen LogP contribution is 2.25. The van der Waals surface area contributed by atoms with Crippen molar-refractivity contribution in [1.29, 1.82) is 0 Å². The summed E-state index contributed by atoms with van der Waals surface area (Å²) in [5, 5.41) is 3.45. The van der Waals surface area contributed by atoms with Gasteiger partial charge in [0.25, 0.3) is 0 Å². The molecule has 28 heavy (non-hydrogen) atoms. The fourth-order valence-electron chi connectivity index (χ4n) is 2.94. The summed E-state index contributed by atoms with van der Waals surface area (Å²) in [7, 11) is 0.190. The summed E-state index contributed by atoms with van der Waals surface area (Å²) in [6.07, 6.45) is 1.10. The molecule has 2 aromatic carbocycles. The van der Waals surface area contributed by atoms with E-state index in [9.17, 15) is 13.2 Å². The molecule has 0 aromatic heterocycles. The summed E-state index contributed by atoms with van der Waals surface area (Å²) in [5.74, 6) is -0.382. The highest BCUT2D eigenvalue weighted by Gasteiger charge is 2.23. The van der Waals surface area contributed by atoms with Crippen molar-refractivity contribution in [2.45, 2.75) is 13.0 Å². The number of nitrogens with one attached hydrogen (secondary N) is 1. The van der Waals surface area contributed by atoms with Gasteiger partial charge in [0.2, 0.25) is 15.9 Å². The molecule has 1 N–H and O–H groups in total. The minimum absolute atomic E-state index is 0.136. The molecule has 2 rings (SSSR count). The van der Waals surface area contributed by atoms with Crippen molar-refractivity contribution in [2.75, 3.05) is 37.7 Å². The molecule has 0 heterocycles. The second-order valence-corrected chi connectivity index (χ2v) is 9.18. The summed E-state index contributed by atoms with van der Waals surface area (Å²) in [6, 6.07) is 14.4. The zero-order chi connectivity index (χ0) is 20.9. The molecule has 1 atom stereocenters. The summed E-state index contributed by atoms with van der Waals surface area (Å²) in [5.41, 5.74) is 2.17. The summed E-state index contributed by atoms with van der Waals surface area (Å²) in [4.78, 5) is 14.5. The van der Waals surface area contributed by atoms with Crippen LogP contribution >= 0.6 is 11.6 Å². The third-order valence-electron chi connectivity index (χ3n) is 4.45. The number of halogens is 1. The first-order chi connectivity index (χ1) is 13.1. The molecule has 0 spiro atoms. The van der Waals surface area contributed by atoms with Crippen molar-refractivity contribution in [3.63, 3.8) is 0 Å². The topological polar surface area (TPSA) is 69.7 Å². The van der Waals surface area contributed by atoms with E-state index >= 15 is 0 Å². The van der Waals surface area contributed by atoms with E-state index in [0.29, 0.717) is 17.3 Å². The van der Waals surface area contributed by atoms with Gasteiger partial charge in [-0.05, 0) is 44.3 Å². The number of hydrogen-bond acceptors (Lipinski definition) is 4. The molecule has 152 valence electrons. The van der Waals surface area contributed by atoms with Crippen molar-refractivity contribution in [3.05, 3.63) is 64.7 Å². The number of rotatable bonds is 8. The van der Waals surface area contributed by atoms with Crippen LogP contribution in [-0.4, -0.2) is 52.7 Å². The van der Waals surface area contributed by atoms with Crippen molar-refractivity contribution in [1.82, 2.24) is 10.2 Å². The zero-order valence-electron chi connectivity index (χ0n) is 16.5. The number of sulfonamides is 1. The maximum atomic E-state index is 12.6. The van der Waals surface area contributed by atoms with E-state index in [-0.39, 0.29) is 18.5 Å². The van der Waals surface area contributed by atoms with Gasteiger partial charge in [-0.1, -0.05) is 48.0 Å². The van der Waals surface area contributed by atoms with Crippen LogP contribution in [0.15, 0.2) is 48.5 Å². The Kier molecular flexibility index (Phi) is 7.46. The van der Waals surface area contributed by atoms with Gasteiger partial charge < -0.3 is 10.2 Å². The molecule has 0 fully saturated rings. The first-order valence-electron chi connectivity index (χ1n) is 8.82. The van der Waals surface area contributed by atoms with Gasteiger partial charge in [0.1, 0.15) is 6.54 Å². The number of aryl methyl sites for hydroxylation is 1. The van der Waals surface area contributed by atoms with Gasteiger partial charge >= 0.3 is 0 Å². The van der Waals surface area contributed by atoms with E-state index < -0.39 is 10.0 Å². The largest absolute Gasteiger partial charge is 0.353 e. The van der Waals surface area contributed by atoms with Crippen LogP contribution < -0.4 is 9.62 Å². The Morgan fingerprint density at radius 1 is 1.11 bits per heavy atom. The molecule has 0 aliphatic heterocycles. The van der Waals surface area contributed by atoms with E-state index in [1.807, 2.05) is 56.3 Å². The van der Waals surface area contributed by atoms with Crippen molar-refractivity contribution >= 4 is 33.2 Å². The van der Waals surface area contributed by atoms with Gasteiger partial charge in [-0.15, -0.1) is 0 Å². The molecule has 0 radical (unpaired) electrons. The summed E-state index contributed by atoms with van der Waals surface area (Å²) >= 11 is 6.29. The molecule has 2 aromatic rings. The Bertz CT molecular complexity index is 932. The summed E-state index contributed by atoms with van der Waals surface area (Å²) < 4.78 is 25.6. The lowest BCUT2D eigenvalue weighted by Gasteiger charge is -2.27. The third-order valence-corrected chi connectivity index (χ3v) is 5.92. The van der Waals surface area contributed by atoms with Crippen molar-refractivity contribution < 1.29 is 13.2 Å². The molecule has 0 aliphatic carbocycles. The first kappa shape index (κ1) is 22.2. The summed E-state index contributed by atoms with van der Waals surface area (Å²) in [6.45, 7) is 1.83. The molecule has 0 saturated heterocycles. The second-order valence-electron chi connectivity index (χ2n) is 6.86. The second kappa shape index (κ2) is 9.41. The highest BCUT2D eigenvalue weighted by atomic mass is 35.5. The van der Waals surface area contributed by atoms with Crippen LogP contribution in [0.5, 0.6) is 0 Å². The van der Waals surface area contributed by atoms with Gasteiger partial charge in [0, 0.05) is 11.6 Å². The van der Waals surface area contributed by atoms with Gasteiger partial charge in [-0.3, -0.25) is 9.10 Å². The molecule has 1 unspecified atom stereocenters. The number of benzene rings is 2. The Labute approximate surface area is 172 Å². The van der Waals surface area contributed by atoms with Gasteiger partial charge in [-0.2, -0.15) is 0 Å². The maximum absolute atomic E-state index is 12.6. The monoisotopic (exact) mass is 423 g/mol. The minimum Gasteiger partial charge on any atom is -0.353 e. The zero-order valence-corrected chi connectivity index (χ0v) is 18.1. The molecular formula is C20H26ClN3O3S. The molecule has 8 heteroatoms. The molecule has 0 saturated carbocycles. The van der Waals surface area contributed by atoms with Crippen LogP contribution in [0.25, 0.3) is 0 Å². The SMILES string of the molecule is Cc1ccccc1N(CC(=O)NCC(c1ccccc1Cl)N(C)C)S(C)(=O)=O. The number of likely N-dealkylation sites (N-methyl/N-ethyl adjacent to an activating group) is 1. The molecule has 6 nitrogen and oxygen atoms in total. The maximum Gasteiger partial charge on any atom is 0.240 e. The number of anilines is 1. The van der Waals surface area contributed by atoms with Gasteiger partial charge in [0.05, 0.1) is 18.0 Å². The Morgan fingerprint density at radius 2 is 1.71 bits per heavy atom. The molecule has 0 aliphatic rings.